The van der Waals surface area contributed by atoms with Crippen LogP contribution in [0.15, 0.2) is 35.2 Å². The molecule has 0 spiro atoms. The number of hydrogen-bond acceptors (Lipinski definition) is 3. The van der Waals surface area contributed by atoms with Gasteiger partial charge in [-0.3, -0.25) is 0 Å². The number of hydrogen-bond donors (Lipinski definition) is 1. The Hall–Kier alpha value is -0.870. The normalized spacial score (nSPS) is 21.7. The van der Waals surface area contributed by atoms with E-state index in [0.717, 1.165) is 19.5 Å². The zero-order chi connectivity index (χ0) is 10.7. The monoisotopic (exact) mass is 225 g/mol. The summed E-state index contributed by atoms with van der Waals surface area (Å²) in [5.74, 6) is 0.541. The minimum atomic E-state index is -3.08. The summed E-state index contributed by atoms with van der Waals surface area (Å²) in [7, 11) is -3.08. The average Bonchev–Trinajstić information content (AvgIpc) is 2.71. The molecule has 1 atom stereocenters. The van der Waals surface area contributed by atoms with Crippen molar-refractivity contribution in [2.75, 3.05) is 18.8 Å². The maximum absolute atomic E-state index is 12.0. The zero-order valence-corrected chi connectivity index (χ0v) is 9.33. The minimum Gasteiger partial charge on any atom is -0.316 e. The maximum atomic E-state index is 12.0. The van der Waals surface area contributed by atoms with Gasteiger partial charge in [0.25, 0.3) is 0 Å². The van der Waals surface area contributed by atoms with Crippen molar-refractivity contribution in [1.82, 2.24) is 5.32 Å². The van der Waals surface area contributed by atoms with Crippen LogP contribution in [0.1, 0.15) is 6.42 Å². The van der Waals surface area contributed by atoms with Crippen molar-refractivity contribution in [3.8, 4) is 0 Å². The number of nitrogens with one attached hydrogen (secondary N) is 1. The average molecular weight is 225 g/mol. The van der Waals surface area contributed by atoms with Crippen LogP contribution in [0.25, 0.3) is 0 Å². The highest BCUT2D eigenvalue weighted by Gasteiger charge is 2.23. The Morgan fingerprint density at radius 1 is 1.27 bits per heavy atom. The van der Waals surface area contributed by atoms with E-state index in [2.05, 4.69) is 5.32 Å². The van der Waals surface area contributed by atoms with Crippen LogP contribution in [-0.4, -0.2) is 27.3 Å². The Morgan fingerprint density at radius 2 is 2.00 bits per heavy atom. The molecule has 82 valence electrons. The third-order valence-electron chi connectivity index (χ3n) is 2.72. The first-order valence-corrected chi connectivity index (χ1v) is 6.82. The summed E-state index contributed by atoms with van der Waals surface area (Å²) in [6, 6.07) is 8.69. The van der Waals surface area contributed by atoms with E-state index in [1.165, 1.54) is 0 Å². The molecular formula is C11H15NO2S. The van der Waals surface area contributed by atoms with Crippen LogP contribution in [0, 0.1) is 5.92 Å². The number of benzene rings is 1. The molecule has 1 saturated heterocycles. The molecule has 1 N–H and O–H groups in total. The van der Waals surface area contributed by atoms with Gasteiger partial charge in [0.15, 0.2) is 9.84 Å². The summed E-state index contributed by atoms with van der Waals surface area (Å²) in [6.07, 6.45) is 0.964. The second kappa shape index (κ2) is 4.33. The zero-order valence-electron chi connectivity index (χ0n) is 8.52. The van der Waals surface area contributed by atoms with E-state index < -0.39 is 9.84 Å². The van der Waals surface area contributed by atoms with Crippen molar-refractivity contribution in [3.63, 3.8) is 0 Å². The van der Waals surface area contributed by atoms with E-state index in [-0.39, 0.29) is 11.7 Å². The molecule has 3 nitrogen and oxygen atoms in total. The fraction of sp³-hybridized carbons (Fsp3) is 0.455. The molecule has 1 unspecified atom stereocenters. The quantitative estimate of drug-likeness (QED) is 0.837. The van der Waals surface area contributed by atoms with Gasteiger partial charge in [-0.05, 0) is 37.6 Å². The highest BCUT2D eigenvalue weighted by Crippen LogP contribution is 2.17. The topological polar surface area (TPSA) is 46.2 Å². The van der Waals surface area contributed by atoms with Crippen molar-refractivity contribution in [3.05, 3.63) is 30.3 Å². The fourth-order valence-corrected chi connectivity index (χ4v) is 3.56. The SMILES string of the molecule is O=S(=O)(CC1CCNC1)c1ccccc1. The van der Waals surface area contributed by atoms with E-state index >= 15 is 0 Å². The first kappa shape index (κ1) is 10.6. The third kappa shape index (κ3) is 2.58. The molecule has 1 aromatic carbocycles. The molecule has 1 aliphatic rings. The van der Waals surface area contributed by atoms with Crippen LogP contribution >= 0.6 is 0 Å². The van der Waals surface area contributed by atoms with Crippen LogP contribution < -0.4 is 5.32 Å². The van der Waals surface area contributed by atoms with Gasteiger partial charge in [-0.25, -0.2) is 8.42 Å². The molecule has 0 saturated carbocycles. The predicted molar refractivity (Wildman–Crippen MR) is 59.5 cm³/mol. The van der Waals surface area contributed by atoms with E-state index in [4.69, 9.17) is 0 Å². The lowest BCUT2D eigenvalue weighted by Crippen LogP contribution is -2.18. The Balaban J connectivity index is 2.13. The molecule has 1 aliphatic heterocycles. The molecule has 4 heteroatoms. The summed E-state index contributed by atoms with van der Waals surface area (Å²) in [6.45, 7) is 1.76. The van der Waals surface area contributed by atoms with Gasteiger partial charge in [-0.15, -0.1) is 0 Å². The van der Waals surface area contributed by atoms with E-state index in [1.54, 1.807) is 24.3 Å². The Morgan fingerprint density at radius 3 is 2.60 bits per heavy atom. The predicted octanol–water partition coefficient (Wildman–Crippen LogP) is 1.07. The summed E-state index contributed by atoms with van der Waals surface area (Å²) >= 11 is 0. The van der Waals surface area contributed by atoms with Crippen LogP contribution in [0.4, 0.5) is 0 Å². The highest BCUT2D eigenvalue weighted by molar-refractivity contribution is 7.91. The number of sulfone groups is 1. The van der Waals surface area contributed by atoms with Gasteiger partial charge < -0.3 is 5.32 Å². The molecule has 0 aliphatic carbocycles. The standard InChI is InChI=1S/C11H15NO2S/c13-15(14,9-10-6-7-12-8-10)11-4-2-1-3-5-11/h1-5,10,12H,6-9H2. The first-order chi connectivity index (χ1) is 7.18. The molecule has 0 aromatic heterocycles. The van der Waals surface area contributed by atoms with Crippen molar-refractivity contribution in [1.29, 1.82) is 0 Å². The third-order valence-corrected chi connectivity index (χ3v) is 4.62. The van der Waals surface area contributed by atoms with Crippen LogP contribution in [0.5, 0.6) is 0 Å². The summed E-state index contributed by atoms with van der Waals surface area (Å²) in [4.78, 5) is 0.442. The minimum absolute atomic E-state index is 0.268. The first-order valence-electron chi connectivity index (χ1n) is 5.17. The molecular weight excluding hydrogens is 210 g/mol. The molecule has 0 amide bonds. The lowest BCUT2D eigenvalue weighted by molar-refractivity contribution is 0.570. The van der Waals surface area contributed by atoms with Crippen LogP contribution in [-0.2, 0) is 9.84 Å². The second-order valence-corrected chi connectivity index (χ2v) is 5.99. The van der Waals surface area contributed by atoms with Gasteiger partial charge in [-0.1, -0.05) is 18.2 Å². The molecule has 0 bridgehead atoms. The summed E-state index contributed by atoms with van der Waals surface area (Å²) in [5.41, 5.74) is 0. The molecule has 1 heterocycles. The Bertz CT molecular complexity index is 407. The molecule has 15 heavy (non-hydrogen) atoms. The van der Waals surface area contributed by atoms with Gasteiger partial charge in [0.1, 0.15) is 0 Å². The highest BCUT2D eigenvalue weighted by atomic mass is 32.2. The van der Waals surface area contributed by atoms with Gasteiger partial charge >= 0.3 is 0 Å². The summed E-state index contributed by atoms with van der Waals surface area (Å²) in [5, 5.41) is 3.18. The van der Waals surface area contributed by atoms with Crippen molar-refractivity contribution in [2.45, 2.75) is 11.3 Å². The van der Waals surface area contributed by atoms with Crippen LogP contribution in [0.2, 0.25) is 0 Å². The van der Waals surface area contributed by atoms with Crippen molar-refractivity contribution >= 4 is 9.84 Å². The summed E-state index contributed by atoms with van der Waals surface area (Å²) < 4.78 is 23.9. The van der Waals surface area contributed by atoms with E-state index in [9.17, 15) is 8.42 Å². The van der Waals surface area contributed by atoms with E-state index in [0.29, 0.717) is 4.90 Å². The van der Waals surface area contributed by atoms with Crippen molar-refractivity contribution < 1.29 is 8.42 Å². The number of rotatable bonds is 3. The van der Waals surface area contributed by atoms with Crippen LogP contribution in [0.3, 0.4) is 0 Å². The molecule has 1 fully saturated rings. The fourth-order valence-electron chi connectivity index (χ4n) is 1.89. The van der Waals surface area contributed by atoms with Gasteiger partial charge in [0, 0.05) is 0 Å². The van der Waals surface area contributed by atoms with Gasteiger partial charge in [-0.2, -0.15) is 0 Å². The van der Waals surface area contributed by atoms with Gasteiger partial charge in [0.05, 0.1) is 10.6 Å². The Labute approximate surface area is 90.4 Å². The Kier molecular flexibility index (Phi) is 3.07. The van der Waals surface area contributed by atoms with E-state index in [1.807, 2.05) is 6.07 Å². The van der Waals surface area contributed by atoms with Crippen molar-refractivity contribution in [2.24, 2.45) is 5.92 Å². The lowest BCUT2D eigenvalue weighted by Gasteiger charge is -2.08. The molecule has 0 radical (unpaired) electrons. The smallest absolute Gasteiger partial charge is 0.178 e. The maximum Gasteiger partial charge on any atom is 0.178 e. The van der Waals surface area contributed by atoms with Gasteiger partial charge in [0.2, 0.25) is 0 Å². The lowest BCUT2D eigenvalue weighted by atomic mass is 10.2. The molecule has 1 aromatic rings. The molecule has 2 rings (SSSR count). The largest absolute Gasteiger partial charge is 0.316 e. The second-order valence-electron chi connectivity index (χ2n) is 3.95.